The number of hydrogen-bond donors (Lipinski definition) is 1. The SMILES string of the molecule is C\C=C(/C=C\C=C(/C)Cl)CNC(=O)C1CCCN1C(=O)Cc1cc(C)no1. The van der Waals surface area contributed by atoms with Crippen LogP contribution >= 0.6 is 11.6 Å². The van der Waals surface area contributed by atoms with Crippen LogP contribution in [0, 0.1) is 6.92 Å². The van der Waals surface area contributed by atoms with Gasteiger partial charge in [0.15, 0.2) is 0 Å². The van der Waals surface area contributed by atoms with E-state index in [1.54, 1.807) is 30.9 Å². The van der Waals surface area contributed by atoms with Gasteiger partial charge in [0.25, 0.3) is 0 Å². The first-order valence-corrected chi connectivity index (χ1v) is 9.43. The number of carbonyl (C=O) groups is 2. The van der Waals surface area contributed by atoms with Gasteiger partial charge in [0, 0.05) is 24.2 Å². The number of aromatic nitrogens is 1. The van der Waals surface area contributed by atoms with E-state index in [4.69, 9.17) is 16.1 Å². The molecule has 7 heteroatoms. The number of rotatable bonds is 7. The van der Waals surface area contributed by atoms with Gasteiger partial charge in [0.2, 0.25) is 11.8 Å². The summed E-state index contributed by atoms with van der Waals surface area (Å²) in [5.74, 6) is 0.275. The summed E-state index contributed by atoms with van der Waals surface area (Å²) in [6, 6.07) is 1.30. The molecular formula is C20H26ClN3O3. The minimum Gasteiger partial charge on any atom is -0.361 e. The van der Waals surface area contributed by atoms with Gasteiger partial charge >= 0.3 is 0 Å². The molecular weight excluding hydrogens is 366 g/mol. The summed E-state index contributed by atoms with van der Waals surface area (Å²) >= 11 is 5.80. The number of allylic oxidation sites excluding steroid dienone is 4. The van der Waals surface area contributed by atoms with Crippen LogP contribution in [0.3, 0.4) is 0 Å². The Morgan fingerprint density at radius 2 is 2.26 bits per heavy atom. The minimum atomic E-state index is -0.436. The fourth-order valence-corrected chi connectivity index (χ4v) is 3.03. The quantitative estimate of drug-likeness (QED) is 0.724. The molecule has 0 spiro atoms. The zero-order chi connectivity index (χ0) is 19.8. The van der Waals surface area contributed by atoms with Crippen molar-refractivity contribution in [3.05, 3.63) is 52.4 Å². The average Bonchev–Trinajstić information content (AvgIpc) is 3.26. The molecule has 1 fully saturated rings. The molecule has 1 saturated heterocycles. The molecule has 1 N–H and O–H groups in total. The summed E-state index contributed by atoms with van der Waals surface area (Å²) in [5, 5.41) is 7.41. The Kier molecular flexibility index (Phi) is 7.85. The van der Waals surface area contributed by atoms with Gasteiger partial charge in [0.1, 0.15) is 11.8 Å². The van der Waals surface area contributed by atoms with Gasteiger partial charge in [-0.25, -0.2) is 0 Å². The molecule has 0 radical (unpaired) electrons. The second-order valence-corrected chi connectivity index (χ2v) is 7.15. The van der Waals surface area contributed by atoms with E-state index < -0.39 is 6.04 Å². The fraction of sp³-hybridized carbons (Fsp3) is 0.450. The van der Waals surface area contributed by atoms with Gasteiger partial charge < -0.3 is 14.7 Å². The number of carbonyl (C=O) groups excluding carboxylic acids is 2. The predicted octanol–water partition coefficient (Wildman–Crippen LogP) is 3.28. The summed E-state index contributed by atoms with van der Waals surface area (Å²) in [6.45, 7) is 6.50. The number of nitrogens with one attached hydrogen (secondary N) is 1. The molecule has 146 valence electrons. The van der Waals surface area contributed by atoms with Crippen molar-refractivity contribution in [2.45, 2.75) is 46.1 Å². The number of halogens is 1. The zero-order valence-corrected chi connectivity index (χ0v) is 16.8. The van der Waals surface area contributed by atoms with Gasteiger partial charge in [-0.05, 0) is 45.3 Å². The molecule has 6 nitrogen and oxygen atoms in total. The summed E-state index contributed by atoms with van der Waals surface area (Å²) in [5.41, 5.74) is 1.70. The highest BCUT2D eigenvalue weighted by molar-refractivity contribution is 6.29. The maximum Gasteiger partial charge on any atom is 0.243 e. The van der Waals surface area contributed by atoms with Gasteiger partial charge in [-0.1, -0.05) is 35.0 Å². The Morgan fingerprint density at radius 3 is 2.89 bits per heavy atom. The van der Waals surface area contributed by atoms with Crippen LogP contribution in [0.25, 0.3) is 0 Å². The largest absolute Gasteiger partial charge is 0.361 e. The van der Waals surface area contributed by atoms with Crippen LogP contribution in [-0.2, 0) is 16.0 Å². The lowest BCUT2D eigenvalue weighted by Crippen LogP contribution is -2.46. The molecule has 0 saturated carbocycles. The average molecular weight is 392 g/mol. The van der Waals surface area contributed by atoms with Crippen LogP contribution in [0.5, 0.6) is 0 Å². The lowest BCUT2D eigenvalue weighted by molar-refractivity contribution is -0.138. The highest BCUT2D eigenvalue weighted by atomic mass is 35.5. The van der Waals surface area contributed by atoms with E-state index in [9.17, 15) is 9.59 Å². The molecule has 1 atom stereocenters. The molecule has 2 heterocycles. The molecule has 1 aliphatic heterocycles. The van der Waals surface area contributed by atoms with Crippen molar-refractivity contribution in [3.63, 3.8) is 0 Å². The van der Waals surface area contributed by atoms with Gasteiger partial charge in [-0.2, -0.15) is 0 Å². The number of amides is 2. The number of hydrogen-bond acceptors (Lipinski definition) is 4. The highest BCUT2D eigenvalue weighted by Gasteiger charge is 2.34. The van der Waals surface area contributed by atoms with Crippen molar-refractivity contribution in [3.8, 4) is 0 Å². The van der Waals surface area contributed by atoms with Crippen molar-refractivity contribution < 1.29 is 14.1 Å². The van der Waals surface area contributed by atoms with E-state index in [1.807, 2.05) is 25.2 Å². The monoisotopic (exact) mass is 391 g/mol. The molecule has 0 aromatic carbocycles. The second kappa shape index (κ2) is 10.1. The van der Waals surface area contributed by atoms with Crippen molar-refractivity contribution in [2.75, 3.05) is 13.1 Å². The molecule has 2 rings (SSSR count). The molecule has 1 aromatic heterocycles. The van der Waals surface area contributed by atoms with Gasteiger partial charge in [0.05, 0.1) is 12.1 Å². The lowest BCUT2D eigenvalue weighted by Gasteiger charge is -2.23. The third-order valence-electron chi connectivity index (χ3n) is 4.35. The van der Waals surface area contributed by atoms with E-state index in [-0.39, 0.29) is 18.2 Å². The lowest BCUT2D eigenvalue weighted by atomic mass is 10.1. The third-order valence-corrected chi connectivity index (χ3v) is 4.48. The Labute approximate surface area is 164 Å². The standard InChI is InChI=1S/C20H26ClN3O3/c1-4-16(8-5-7-14(2)21)13-22-20(26)18-9-6-10-24(18)19(25)12-17-11-15(3)23-27-17/h4-5,7-8,11,18H,6,9-10,12-13H2,1-3H3,(H,22,26)/b8-5-,14-7+,16-4+. The van der Waals surface area contributed by atoms with E-state index in [0.717, 1.165) is 17.7 Å². The predicted molar refractivity (Wildman–Crippen MR) is 105 cm³/mol. The van der Waals surface area contributed by atoms with Crippen LogP contribution in [0.15, 0.2) is 45.5 Å². The van der Waals surface area contributed by atoms with E-state index in [1.165, 1.54) is 0 Å². The molecule has 27 heavy (non-hydrogen) atoms. The number of aryl methyl sites for hydroxylation is 1. The molecule has 1 aromatic rings. The Balaban J connectivity index is 1.91. The van der Waals surface area contributed by atoms with Crippen LogP contribution in [0.4, 0.5) is 0 Å². The smallest absolute Gasteiger partial charge is 0.243 e. The van der Waals surface area contributed by atoms with Crippen LogP contribution in [0.2, 0.25) is 0 Å². The minimum absolute atomic E-state index is 0.113. The van der Waals surface area contributed by atoms with Crippen LogP contribution in [-0.4, -0.2) is 41.0 Å². The molecule has 0 aliphatic carbocycles. The van der Waals surface area contributed by atoms with Crippen LogP contribution in [0.1, 0.15) is 38.1 Å². The van der Waals surface area contributed by atoms with Crippen LogP contribution < -0.4 is 5.32 Å². The first-order chi connectivity index (χ1) is 12.9. The van der Waals surface area contributed by atoms with E-state index in [0.29, 0.717) is 30.3 Å². The van der Waals surface area contributed by atoms with E-state index >= 15 is 0 Å². The topological polar surface area (TPSA) is 75.4 Å². The second-order valence-electron chi connectivity index (χ2n) is 6.55. The molecule has 2 amide bonds. The van der Waals surface area contributed by atoms with E-state index in [2.05, 4.69) is 10.5 Å². The summed E-state index contributed by atoms with van der Waals surface area (Å²) in [7, 11) is 0. The molecule has 1 aliphatic rings. The van der Waals surface area contributed by atoms with Gasteiger partial charge in [-0.15, -0.1) is 0 Å². The molecule has 1 unspecified atom stereocenters. The number of likely N-dealkylation sites (tertiary alicyclic amines) is 1. The zero-order valence-electron chi connectivity index (χ0n) is 16.0. The van der Waals surface area contributed by atoms with Crippen molar-refractivity contribution in [2.24, 2.45) is 0 Å². The Hall–Kier alpha value is -2.34. The summed E-state index contributed by atoms with van der Waals surface area (Å²) in [4.78, 5) is 26.8. The fourth-order valence-electron chi connectivity index (χ4n) is 2.96. The normalized spacial score (nSPS) is 18.4. The maximum absolute atomic E-state index is 12.6. The first kappa shape index (κ1) is 21.0. The highest BCUT2D eigenvalue weighted by Crippen LogP contribution is 2.19. The van der Waals surface area contributed by atoms with Crippen molar-refractivity contribution in [1.82, 2.24) is 15.4 Å². The third kappa shape index (κ3) is 6.40. The first-order valence-electron chi connectivity index (χ1n) is 9.05. The van der Waals surface area contributed by atoms with Crippen molar-refractivity contribution in [1.29, 1.82) is 0 Å². The van der Waals surface area contributed by atoms with Gasteiger partial charge in [-0.3, -0.25) is 9.59 Å². The summed E-state index contributed by atoms with van der Waals surface area (Å²) < 4.78 is 5.11. The summed E-state index contributed by atoms with van der Waals surface area (Å²) in [6.07, 6.45) is 9.06. The molecule has 0 bridgehead atoms. The number of nitrogens with zero attached hydrogens (tertiary/aromatic N) is 2. The maximum atomic E-state index is 12.6. The Morgan fingerprint density at radius 1 is 1.48 bits per heavy atom. The van der Waals surface area contributed by atoms with Crippen molar-refractivity contribution >= 4 is 23.4 Å². The Bertz CT molecular complexity index is 760.